The van der Waals surface area contributed by atoms with Crippen molar-refractivity contribution >= 4 is 46.3 Å². The summed E-state index contributed by atoms with van der Waals surface area (Å²) in [5, 5.41) is 14.4. The number of carbonyl (C=O) groups is 3. The summed E-state index contributed by atoms with van der Waals surface area (Å²) in [4.78, 5) is 39.7. The number of aliphatic hydroxyl groups is 1. The van der Waals surface area contributed by atoms with Crippen LogP contribution in [0, 0.1) is 6.92 Å². The van der Waals surface area contributed by atoms with Crippen molar-refractivity contribution in [2.75, 3.05) is 24.4 Å². The van der Waals surface area contributed by atoms with E-state index >= 15 is 0 Å². The molecule has 2 N–H and O–H groups in total. The van der Waals surface area contributed by atoms with E-state index in [4.69, 9.17) is 21.1 Å². The summed E-state index contributed by atoms with van der Waals surface area (Å²) in [7, 11) is 2.89. The molecule has 2 amide bonds. The van der Waals surface area contributed by atoms with Gasteiger partial charge < -0.3 is 19.9 Å². The van der Waals surface area contributed by atoms with Gasteiger partial charge in [0.25, 0.3) is 11.7 Å². The number of hydrogen-bond donors (Lipinski definition) is 2. The third-order valence-corrected chi connectivity index (χ3v) is 6.27. The van der Waals surface area contributed by atoms with Gasteiger partial charge in [0.2, 0.25) is 5.91 Å². The van der Waals surface area contributed by atoms with E-state index in [9.17, 15) is 19.5 Å². The molecule has 190 valence electrons. The Hall–Kier alpha value is -4.30. The van der Waals surface area contributed by atoms with Gasteiger partial charge in [-0.25, -0.2) is 0 Å². The Labute approximate surface area is 219 Å². The van der Waals surface area contributed by atoms with Gasteiger partial charge in [-0.2, -0.15) is 0 Å². The molecule has 37 heavy (non-hydrogen) atoms. The van der Waals surface area contributed by atoms with Crippen molar-refractivity contribution < 1.29 is 29.0 Å². The van der Waals surface area contributed by atoms with Crippen molar-refractivity contribution in [2.24, 2.45) is 0 Å². The van der Waals surface area contributed by atoms with Crippen molar-refractivity contribution in [1.82, 2.24) is 0 Å². The quantitative estimate of drug-likeness (QED) is 0.261. The van der Waals surface area contributed by atoms with E-state index < -0.39 is 23.5 Å². The molecule has 0 radical (unpaired) electrons. The smallest absolute Gasteiger partial charge is 0.300 e. The number of anilines is 2. The molecule has 1 fully saturated rings. The zero-order valence-corrected chi connectivity index (χ0v) is 21.4. The SMILES string of the molecule is COc1ccccc1C1/C(=C(\O)c2cc(C)cc(Cl)c2OC)C(=O)C(=O)N1c1ccc(NC(C)=O)cc1. The van der Waals surface area contributed by atoms with Crippen molar-refractivity contribution in [3.8, 4) is 11.5 Å². The predicted molar refractivity (Wildman–Crippen MR) is 141 cm³/mol. The van der Waals surface area contributed by atoms with Crippen LogP contribution in [-0.2, 0) is 14.4 Å². The molecule has 4 rings (SSSR count). The maximum atomic E-state index is 13.5. The van der Waals surface area contributed by atoms with E-state index in [1.54, 1.807) is 67.6 Å². The zero-order chi connectivity index (χ0) is 26.9. The van der Waals surface area contributed by atoms with Gasteiger partial charge in [0.1, 0.15) is 17.3 Å². The number of ether oxygens (including phenoxy) is 2. The Bertz CT molecular complexity index is 1430. The second kappa shape index (κ2) is 10.4. The second-order valence-corrected chi connectivity index (χ2v) is 8.87. The van der Waals surface area contributed by atoms with Gasteiger partial charge in [0, 0.05) is 23.9 Å². The van der Waals surface area contributed by atoms with Crippen molar-refractivity contribution in [2.45, 2.75) is 19.9 Å². The summed E-state index contributed by atoms with van der Waals surface area (Å²) in [6.45, 7) is 3.18. The first-order valence-electron chi connectivity index (χ1n) is 11.3. The second-order valence-electron chi connectivity index (χ2n) is 8.47. The molecule has 3 aromatic carbocycles. The third-order valence-electron chi connectivity index (χ3n) is 5.99. The number of methoxy groups -OCH3 is 2. The summed E-state index contributed by atoms with van der Waals surface area (Å²) in [5.74, 6) is -1.77. The predicted octanol–water partition coefficient (Wildman–Crippen LogP) is 5.25. The Morgan fingerprint density at radius 1 is 1.03 bits per heavy atom. The molecular weight excluding hydrogens is 496 g/mol. The highest BCUT2D eigenvalue weighted by molar-refractivity contribution is 6.51. The first-order chi connectivity index (χ1) is 17.7. The molecule has 1 unspecified atom stereocenters. The summed E-state index contributed by atoms with van der Waals surface area (Å²) in [5.41, 5.74) is 2.19. The lowest BCUT2D eigenvalue weighted by Gasteiger charge is -2.27. The highest BCUT2D eigenvalue weighted by Crippen LogP contribution is 2.46. The number of nitrogens with one attached hydrogen (secondary N) is 1. The molecule has 3 aromatic rings. The van der Waals surface area contributed by atoms with Crippen LogP contribution in [0.4, 0.5) is 11.4 Å². The first-order valence-corrected chi connectivity index (χ1v) is 11.7. The highest BCUT2D eigenvalue weighted by atomic mass is 35.5. The number of halogens is 1. The molecule has 0 aromatic heterocycles. The normalized spacial score (nSPS) is 16.6. The van der Waals surface area contributed by atoms with Crippen molar-refractivity contribution in [1.29, 1.82) is 0 Å². The summed E-state index contributed by atoms with van der Waals surface area (Å²) in [6, 6.07) is 15.7. The number of nitrogens with zero attached hydrogens (tertiary/aromatic N) is 1. The van der Waals surface area contributed by atoms with Crippen LogP contribution in [0.25, 0.3) is 5.76 Å². The number of Topliss-reactive ketones (excluding diaryl/α,β-unsaturated/α-hetero) is 1. The first kappa shape index (κ1) is 25.8. The molecule has 0 bridgehead atoms. The van der Waals surface area contributed by atoms with Gasteiger partial charge in [0.05, 0.1) is 36.4 Å². The fraction of sp³-hybridized carbons (Fsp3) is 0.179. The maximum absolute atomic E-state index is 13.5. The van der Waals surface area contributed by atoms with Gasteiger partial charge in [-0.1, -0.05) is 29.8 Å². The van der Waals surface area contributed by atoms with Crippen LogP contribution in [0.15, 0.2) is 66.2 Å². The van der Waals surface area contributed by atoms with Crippen molar-refractivity contribution in [3.05, 3.63) is 87.9 Å². The van der Waals surface area contributed by atoms with Gasteiger partial charge in [-0.05, 0) is 55.0 Å². The van der Waals surface area contributed by atoms with Gasteiger partial charge in [-0.15, -0.1) is 0 Å². The van der Waals surface area contributed by atoms with Crippen LogP contribution < -0.4 is 19.7 Å². The van der Waals surface area contributed by atoms with Crippen LogP contribution in [0.3, 0.4) is 0 Å². The molecule has 0 aliphatic carbocycles. The zero-order valence-electron chi connectivity index (χ0n) is 20.7. The Morgan fingerprint density at radius 3 is 2.32 bits per heavy atom. The number of amides is 2. The summed E-state index contributed by atoms with van der Waals surface area (Å²) < 4.78 is 11.0. The van der Waals surface area contributed by atoms with Crippen LogP contribution >= 0.6 is 11.6 Å². The summed E-state index contributed by atoms with van der Waals surface area (Å²) >= 11 is 6.36. The average molecular weight is 521 g/mol. The number of aryl methyl sites for hydroxylation is 1. The number of para-hydroxylation sites is 1. The number of benzene rings is 3. The summed E-state index contributed by atoms with van der Waals surface area (Å²) in [6.07, 6.45) is 0. The number of ketones is 1. The minimum Gasteiger partial charge on any atom is -0.507 e. The lowest BCUT2D eigenvalue weighted by molar-refractivity contribution is -0.132. The molecule has 0 saturated carbocycles. The Morgan fingerprint density at radius 2 is 1.70 bits per heavy atom. The molecule has 1 saturated heterocycles. The van der Waals surface area contributed by atoms with Crippen LogP contribution in [0.5, 0.6) is 11.5 Å². The lowest BCUT2D eigenvalue weighted by atomic mass is 9.93. The topological polar surface area (TPSA) is 105 Å². The van der Waals surface area contributed by atoms with E-state index in [-0.39, 0.29) is 27.8 Å². The molecule has 1 heterocycles. The third kappa shape index (κ3) is 4.75. The molecule has 1 aliphatic heterocycles. The highest BCUT2D eigenvalue weighted by Gasteiger charge is 2.48. The Balaban J connectivity index is 1.98. The minimum atomic E-state index is -1.02. The van der Waals surface area contributed by atoms with Crippen LogP contribution in [0.2, 0.25) is 5.02 Å². The standard InChI is InChI=1S/C28H25ClN2O6/c1-15-13-20(27(37-4)21(29)14-15)25(33)23-24(19-7-5-6-8-22(19)36-3)31(28(35)26(23)34)18-11-9-17(10-12-18)30-16(2)32/h5-14,24,33H,1-4H3,(H,30,32)/b25-23+. The van der Waals surface area contributed by atoms with Gasteiger partial charge in [0.15, 0.2) is 0 Å². The number of aliphatic hydroxyl groups excluding tert-OH is 1. The van der Waals surface area contributed by atoms with E-state index in [1.807, 2.05) is 0 Å². The fourth-order valence-corrected chi connectivity index (χ4v) is 4.80. The average Bonchev–Trinajstić information content (AvgIpc) is 3.13. The molecule has 0 spiro atoms. The Kier molecular flexibility index (Phi) is 7.22. The maximum Gasteiger partial charge on any atom is 0.300 e. The van der Waals surface area contributed by atoms with Crippen LogP contribution in [-0.4, -0.2) is 36.9 Å². The largest absolute Gasteiger partial charge is 0.507 e. The molecular formula is C28H25ClN2O6. The van der Waals surface area contributed by atoms with Gasteiger partial charge in [-0.3, -0.25) is 19.3 Å². The van der Waals surface area contributed by atoms with Crippen molar-refractivity contribution in [3.63, 3.8) is 0 Å². The number of carbonyl (C=O) groups excluding carboxylic acids is 3. The van der Waals surface area contributed by atoms with Gasteiger partial charge >= 0.3 is 0 Å². The molecule has 9 heteroatoms. The van der Waals surface area contributed by atoms with E-state index in [0.29, 0.717) is 22.7 Å². The fourth-order valence-electron chi connectivity index (χ4n) is 4.45. The van der Waals surface area contributed by atoms with E-state index in [0.717, 1.165) is 5.56 Å². The van der Waals surface area contributed by atoms with E-state index in [2.05, 4.69) is 5.32 Å². The molecule has 1 atom stereocenters. The van der Waals surface area contributed by atoms with Crippen LogP contribution in [0.1, 0.15) is 29.7 Å². The molecule has 8 nitrogen and oxygen atoms in total. The number of rotatable bonds is 6. The minimum absolute atomic E-state index is 0.139. The molecule has 1 aliphatic rings. The van der Waals surface area contributed by atoms with E-state index in [1.165, 1.54) is 26.0 Å². The lowest BCUT2D eigenvalue weighted by Crippen LogP contribution is -2.29. The number of hydrogen-bond acceptors (Lipinski definition) is 6. The monoisotopic (exact) mass is 520 g/mol.